The molecule has 5 rings (SSSR count). The number of benzene rings is 3. The van der Waals surface area contributed by atoms with Gasteiger partial charge in [-0.05, 0) is 109 Å². The predicted octanol–water partition coefficient (Wildman–Crippen LogP) is 6.12. The van der Waals surface area contributed by atoms with E-state index in [0.29, 0.717) is 28.4 Å². The lowest BCUT2D eigenvalue weighted by Crippen LogP contribution is -2.34. The van der Waals surface area contributed by atoms with Crippen LogP contribution in [0.15, 0.2) is 65.1 Å². The van der Waals surface area contributed by atoms with Crippen molar-refractivity contribution < 1.29 is 14.1 Å². The number of nitrogens with one attached hydrogen (secondary N) is 2. The minimum absolute atomic E-state index is 0.0634. The number of nitrogens with zero attached hydrogens (tertiary/aromatic N) is 3. The van der Waals surface area contributed by atoms with Crippen molar-refractivity contribution in [3.05, 3.63) is 79.9 Å². The Labute approximate surface area is 231 Å². The first-order valence-corrected chi connectivity index (χ1v) is 13.2. The van der Waals surface area contributed by atoms with E-state index in [1.54, 1.807) is 30.3 Å². The van der Waals surface area contributed by atoms with Gasteiger partial charge in [0.05, 0.1) is 4.92 Å². The summed E-state index contributed by atoms with van der Waals surface area (Å²) in [4.78, 5) is 30.6. The largest absolute Gasteiger partial charge is 0.436 e. The van der Waals surface area contributed by atoms with E-state index in [0.717, 1.165) is 41.5 Å². The number of carbonyl (C=O) groups excluding carboxylic acids is 1. The first-order chi connectivity index (χ1) is 17.9. The Balaban J connectivity index is 1.28. The first-order valence-electron chi connectivity index (χ1n) is 11.7. The minimum atomic E-state index is -0.533. The molecule has 0 bridgehead atoms. The van der Waals surface area contributed by atoms with E-state index < -0.39 is 10.8 Å². The second kappa shape index (κ2) is 10.8. The van der Waals surface area contributed by atoms with Crippen LogP contribution in [0, 0.1) is 13.7 Å². The molecule has 1 aliphatic rings. The molecule has 0 atom stereocenters. The van der Waals surface area contributed by atoms with Crippen LogP contribution < -0.4 is 15.5 Å². The van der Waals surface area contributed by atoms with Crippen LogP contribution in [0.4, 0.5) is 17.1 Å². The zero-order valence-electron chi connectivity index (χ0n) is 19.6. The van der Waals surface area contributed by atoms with Gasteiger partial charge in [-0.15, -0.1) is 0 Å². The minimum Gasteiger partial charge on any atom is -0.436 e. The van der Waals surface area contributed by atoms with Gasteiger partial charge in [-0.1, -0.05) is 0 Å². The number of oxazole rings is 1. The number of nitro groups is 1. The van der Waals surface area contributed by atoms with Crippen LogP contribution in [0.2, 0.25) is 0 Å². The molecule has 0 unspecified atom stereocenters. The van der Waals surface area contributed by atoms with Crippen LogP contribution in [-0.4, -0.2) is 34.0 Å². The number of thiocarbonyl (C=S) groups is 1. The summed E-state index contributed by atoms with van der Waals surface area (Å²) < 4.78 is 6.98. The monoisotopic (exact) mass is 627 g/mol. The second-order valence-corrected chi connectivity index (χ2v) is 10.3. The highest BCUT2D eigenvalue weighted by molar-refractivity contribution is 14.1. The molecule has 1 aliphatic heterocycles. The van der Waals surface area contributed by atoms with Gasteiger partial charge in [-0.2, -0.15) is 0 Å². The number of aromatic nitrogens is 1. The molecule has 2 heterocycles. The fourth-order valence-corrected chi connectivity index (χ4v) is 4.84. The van der Waals surface area contributed by atoms with Gasteiger partial charge in [0.2, 0.25) is 5.89 Å². The molecule has 1 aromatic heterocycles. The maximum absolute atomic E-state index is 12.8. The molecule has 1 fully saturated rings. The van der Waals surface area contributed by atoms with Crippen molar-refractivity contribution in [3.8, 4) is 11.5 Å². The van der Waals surface area contributed by atoms with E-state index in [-0.39, 0.29) is 16.4 Å². The van der Waals surface area contributed by atoms with Gasteiger partial charge in [0.15, 0.2) is 10.7 Å². The molecule has 0 spiro atoms. The number of fused-ring (bicyclic) bond motifs is 1. The van der Waals surface area contributed by atoms with Crippen molar-refractivity contribution in [1.29, 1.82) is 0 Å². The summed E-state index contributed by atoms with van der Waals surface area (Å²) in [5.74, 6) is -0.0247. The molecule has 3 aromatic carbocycles. The third kappa shape index (κ3) is 5.72. The zero-order valence-corrected chi connectivity index (χ0v) is 22.5. The number of nitro benzene ring substituents is 1. The lowest BCUT2D eigenvalue weighted by Gasteiger charge is -2.28. The standard InChI is InChI=1S/C26H22IN5O4S/c27-18-7-4-16(5-8-18)25-29-20-15-19(9-11-23(20)36-25)28-26(37)30-24(33)17-6-10-21(22(14-17)32(34)35)31-12-2-1-3-13-31/h4-11,14-15H,1-3,12-13H2,(H2,28,30,33,37). The summed E-state index contributed by atoms with van der Waals surface area (Å²) in [5.41, 5.74) is 3.35. The molecule has 0 aliphatic carbocycles. The molecular formula is C26H22IN5O4S. The normalized spacial score (nSPS) is 13.4. The number of carbonyl (C=O) groups is 1. The van der Waals surface area contributed by atoms with Crippen molar-refractivity contribution >= 4 is 74.0 Å². The summed E-state index contributed by atoms with van der Waals surface area (Å²) in [6.45, 7) is 1.53. The van der Waals surface area contributed by atoms with E-state index in [1.807, 2.05) is 29.2 Å². The highest BCUT2D eigenvalue weighted by Gasteiger charge is 2.23. The molecule has 0 radical (unpaired) electrons. The summed E-state index contributed by atoms with van der Waals surface area (Å²) in [5, 5.41) is 17.3. The molecule has 2 N–H and O–H groups in total. The van der Waals surface area contributed by atoms with E-state index in [2.05, 4.69) is 38.2 Å². The quantitative estimate of drug-likeness (QED) is 0.118. The van der Waals surface area contributed by atoms with Crippen LogP contribution in [-0.2, 0) is 0 Å². The number of piperidine rings is 1. The van der Waals surface area contributed by atoms with Crippen molar-refractivity contribution in [2.45, 2.75) is 19.3 Å². The average Bonchev–Trinajstić information content (AvgIpc) is 3.32. The fraction of sp³-hybridized carbons (Fsp3) is 0.192. The molecule has 188 valence electrons. The third-order valence-corrected chi connectivity index (χ3v) is 7.02. The third-order valence-electron chi connectivity index (χ3n) is 6.09. The van der Waals surface area contributed by atoms with Gasteiger partial charge in [0.1, 0.15) is 11.2 Å². The number of amides is 1. The lowest BCUT2D eigenvalue weighted by atomic mass is 10.1. The van der Waals surface area contributed by atoms with Gasteiger partial charge in [0, 0.05) is 39.5 Å². The van der Waals surface area contributed by atoms with Crippen LogP contribution in [0.3, 0.4) is 0 Å². The Bertz CT molecular complexity index is 1500. The van der Waals surface area contributed by atoms with E-state index in [4.69, 9.17) is 16.6 Å². The molecule has 1 saturated heterocycles. The summed E-state index contributed by atoms with van der Waals surface area (Å²) in [6, 6.07) is 17.7. The topological polar surface area (TPSA) is 114 Å². The molecule has 11 heteroatoms. The maximum atomic E-state index is 12.8. The van der Waals surface area contributed by atoms with Crippen molar-refractivity contribution in [3.63, 3.8) is 0 Å². The van der Waals surface area contributed by atoms with Gasteiger partial charge in [-0.25, -0.2) is 4.98 Å². The van der Waals surface area contributed by atoms with Gasteiger partial charge in [-0.3, -0.25) is 20.2 Å². The first kappa shape index (κ1) is 25.1. The number of halogens is 1. The summed E-state index contributed by atoms with van der Waals surface area (Å²) in [6.07, 6.45) is 3.10. The molecular weight excluding hydrogens is 605 g/mol. The smallest absolute Gasteiger partial charge is 0.293 e. The second-order valence-electron chi connectivity index (χ2n) is 8.62. The summed E-state index contributed by atoms with van der Waals surface area (Å²) >= 11 is 7.55. The van der Waals surface area contributed by atoms with E-state index in [1.165, 1.54) is 6.07 Å². The summed E-state index contributed by atoms with van der Waals surface area (Å²) in [7, 11) is 0. The van der Waals surface area contributed by atoms with E-state index >= 15 is 0 Å². The molecule has 1 amide bonds. The van der Waals surface area contributed by atoms with Crippen LogP contribution in [0.5, 0.6) is 0 Å². The lowest BCUT2D eigenvalue weighted by molar-refractivity contribution is -0.384. The van der Waals surface area contributed by atoms with E-state index in [9.17, 15) is 14.9 Å². The molecule has 4 aromatic rings. The van der Waals surface area contributed by atoms with Gasteiger partial charge in [0.25, 0.3) is 11.6 Å². The predicted molar refractivity (Wildman–Crippen MR) is 155 cm³/mol. The number of hydrogen-bond donors (Lipinski definition) is 2. The van der Waals surface area contributed by atoms with Crippen molar-refractivity contribution in [1.82, 2.24) is 10.3 Å². The maximum Gasteiger partial charge on any atom is 0.293 e. The van der Waals surface area contributed by atoms with Crippen LogP contribution in [0.25, 0.3) is 22.6 Å². The zero-order chi connectivity index (χ0) is 25.9. The SMILES string of the molecule is O=C(NC(=S)Nc1ccc2oc(-c3ccc(I)cc3)nc2c1)c1ccc(N2CCCCC2)c([N+](=O)[O-])c1. The van der Waals surface area contributed by atoms with Crippen molar-refractivity contribution in [2.75, 3.05) is 23.3 Å². The Morgan fingerprint density at radius 2 is 1.81 bits per heavy atom. The van der Waals surface area contributed by atoms with Crippen molar-refractivity contribution in [2.24, 2.45) is 0 Å². The molecule has 9 nitrogen and oxygen atoms in total. The number of rotatable bonds is 5. The Kier molecular flexibility index (Phi) is 7.33. The van der Waals surface area contributed by atoms with Gasteiger partial charge < -0.3 is 14.6 Å². The Morgan fingerprint density at radius 3 is 2.54 bits per heavy atom. The fourth-order valence-electron chi connectivity index (χ4n) is 4.27. The van der Waals surface area contributed by atoms with Crippen LogP contribution >= 0.6 is 34.8 Å². The number of anilines is 2. The van der Waals surface area contributed by atoms with Gasteiger partial charge >= 0.3 is 0 Å². The van der Waals surface area contributed by atoms with Crippen LogP contribution in [0.1, 0.15) is 29.6 Å². The number of hydrogen-bond acceptors (Lipinski definition) is 7. The molecule has 37 heavy (non-hydrogen) atoms. The Morgan fingerprint density at radius 1 is 1.05 bits per heavy atom. The highest BCUT2D eigenvalue weighted by Crippen LogP contribution is 2.31. The Hall–Kier alpha value is -3.58. The average molecular weight is 627 g/mol. The molecule has 0 saturated carbocycles. The highest BCUT2D eigenvalue weighted by atomic mass is 127.